The number of rotatable bonds is 5. The van der Waals surface area contributed by atoms with Crippen LogP contribution in [0.1, 0.15) is 40.2 Å². The zero-order valence-corrected chi connectivity index (χ0v) is 14.0. The summed E-state index contributed by atoms with van der Waals surface area (Å²) in [7, 11) is 0. The molecule has 0 saturated carbocycles. The van der Waals surface area contributed by atoms with Gasteiger partial charge in [0.1, 0.15) is 6.04 Å². The molecule has 23 heavy (non-hydrogen) atoms. The van der Waals surface area contributed by atoms with Crippen LogP contribution < -0.4 is 16.6 Å². The van der Waals surface area contributed by atoms with Crippen LogP contribution in [0.15, 0.2) is 33.9 Å². The number of nitrogens with one attached hydrogen (secondary N) is 1. The van der Waals surface area contributed by atoms with Gasteiger partial charge in [0.15, 0.2) is 0 Å². The Balaban J connectivity index is 2.66. The van der Waals surface area contributed by atoms with Crippen molar-refractivity contribution in [3.8, 4) is 0 Å². The molecule has 0 saturated heterocycles. The topological polar surface area (TPSA) is 73.1 Å². The van der Waals surface area contributed by atoms with Gasteiger partial charge in [0.2, 0.25) is 5.91 Å². The Morgan fingerprint density at radius 3 is 2.43 bits per heavy atom. The second-order valence-electron chi connectivity index (χ2n) is 5.71. The Hall–Kier alpha value is -2.37. The van der Waals surface area contributed by atoms with Crippen LogP contribution in [0.5, 0.6) is 0 Å². The van der Waals surface area contributed by atoms with E-state index < -0.39 is 11.7 Å². The van der Waals surface area contributed by atoms with Crippen LogP contribution in [0.25, 0.3) is 10.9 Å². The molecule has 2 atom stereocenters. The molecule has 1 N–H and O–H groups in total. The van der Waals surface area contributed by atoms with Gasteiger partial charge in [-0.25, -0.2) is 4.79 Å². The zero-order chi connectivity index (χ0) is 17.1. The second kappa shape index (κ2) is 6.81. The number of carbonyl (C=O) groups is 1. The Labute approximate surface area is 134 Å². The molecule has 1 aromatic carbocycles. The van der Waals surface area contributed by atoms with E-state index in [4.69, 9.17) is 0 Å². The summed E-state index contributed by atoms with van der Waals surface area (Å²) in [5.41, 5.74) is -0.291. The number of amides is 1. The van der Waals surface area contributed by atoms with E-state index in [9.17, 15) is 14.4 Å². The van der Waals surface area contributed by atoms with Crippen molar-refractivity contribution in [2.75, 3.05) is 0 Å². The summed E-state index contributed by atoms with van der Waals surface area (Å²) in [4.78, 5) is 37.5. The monoisotopic (exact) mass is 317 g/mol. The Bertz CT molecular complexity index is 835. The predicted octanol–water partition coefficient (Wildman–Crippen LogP) is 1.66. The third kappa shape index (κ3) is 3.06. The summed E-state index contributed by atoms with van der Waals surface area (Å²) in [6, 6.07) is 6.23. The summed E-state index contributed by atoms with van der Waals surface area (Å²) in [6.07, 6.45) is 0.808. The highest BCUT2D eigenvalue weighted by Crippen LogP contribution is 2.13. The molecule has 0 bridgehead atoms. The van der Waals surface area contributed by atoms with Crippen LogP contribution in [0.4, 0.5) is 0 Å². The van der Waals surface area contributed by atoms with Crippen molar-refractivity contribution in [3.63, 3.8) is 0 Å². The minimum atomic E-state index is -0.695. The summed E-state index contributed by atoms with van der Waals surface area (Å²) in [5.74, 6) is -0.229. The molecule has 0 aliphatic rings. The maximum atomic E-state index is 12.7. The molecular formula is C17H23N3O3. The fourth-order valence-corrected chi connectivity index (χ4v) is 2.57. The highest BCUT2D eigenvalue weighted by atomic mass is 16.2. The van der Waals surface area contributed by atoms with Crippen LogP contribution in [0.3, 0.4) is 0 Å². The summed E-state index contributed by atoms with van der Waals surface area (Å²) in [6.45, 7) is 7.58. The number of aromatic nitrogens is 2. The van der Waals surface area contributed by atoms with Crippen LogP contribution in [-0.2, 0) is 11.3 Å². The van der Waals surface area contributed by atoms with Gasteiger partial charge in [-0.3, -0.25) is 18.7 Å². The highest BCUT2D eigenvalue weighted by molar-refractivity contribution is 5.84. The average molecular weight is 317 g/mol. The molecule has 1 heterocycles. The lowest BCUT2D eigenvalue weighted by atomic mass is 10.2. The molecule has 0 radical (unpaired) electrons. The minimum Gasteiger partial charge on any atom is -0.352 e. The summed E-state index contributed by atoms with van der Waals surface area (Å²) in [5, 5.41) is 3.33. The lowest BCUT2D eigenvalue weighted by molar-refractivity contribution is -0.124. The SMILES string of the molecule is CCC(C)NC(=O)C(C)n1c(=O)n(CC)c(=O)c2ccccc21. The van der Waals surface area contributed by atoms with Crippen molar-refractivity contribution in [1.29, 1.82) is 0 Å². The van der Waals surface area contributed by atoms with Crippen molar-refractivity contribution in [1.82, 2.24) is 14.5 Å². The maximum absolute atomic E-state index is 12.7. The van der Waals surface area contributed by atoms with E-state index in [0.717, 1.165) is 11.0 Å². The third-order valence-electron chi connectivity index (χ3n) is 4.16. The van der Waals surface area contributed by atoms with Gasteiger partial charge < -0.3 is 5.32 Å². The molecule has 2 rings (SSSR count). The van der Waals surface area contributed by atoms with E-state index in [0.29, 0.717) is 10.9 Å². The molecule has 6 heteroatoms. The summed E-state index contributed by atoms with van der Waals surface area (Å²) >= 11 is 0. The van der Waals surface area contributed by atoms with E-state index in [1.165, 1.54) is 4.57 Å². The van der Waals surface area contributed by atoms with Gasteiger partial charge >= 0.3 is 5.69 Å². The molecule has 0 spiro atoms. The first-order valence-electron chi connectivity index (χ1n) is 7.96. The van der Waals surface area contributed by atoms with Gasteiger partial charge in [-0.2, -0.15) is 0 Å². The normalized spacial score (nSPS) is 13.7. The summed E-state index contributed by atoms with van der Waals surface area (Å²) < 4.78 is 2.56. The quantitative estimate of drug-likeness (QED) is 0.911. The third-order valence-corrected chi connectivity index (χ3v) is 4.16. The second-order valence-corrected chi connectivity index (χ2v) is 5.71. The largest absolute Gasteiger partial charge is 0.352 e. The van der Waals surface area contributed by atoms with E-state index in [1.807, 2.05) is 13.8 Å². The first kappa shape index (κ1) is 17.0. The molecule has 0 fully saturated rings. The Morgan fingerprint density at radius 1 is 1.17 bits per heavy atom. The van der Waals surface area contributed by atoms with Gasteiger partial charge in [-0.1, -0.05) is 19.1 Å². The lowest BCUT2D eigenvalue weighted by Crippen LogP contribution is -2.45. The van der Waals surface area contributed by atoms with Crippen LogP contribution in [0, 0.1) is 0 Å². The lowest BCUT2D eigenvalue weighted by Gasteiger charge is -2.21. The number of hydrogen-bond acceptors (Lipinski definition) is 3. The first-order valence-corrected chi connectivity index (χ1v) is 7.96. The number of carbonyl (C=O) groups excluding carboxylic acids is 1. The Morgan fingerprint density at radius 2 is 1.83 bits per heavy atom. The molecular weight excluding hydrogens is 294 g/mol. The minimum absolute atomic E-state index is 0.0315. The number of fused-ring (bicyclic) bond motifs is 1. The molecule has 124 valence electrons. The van der Waals surface area contributed by atoms with Crippen LogP contribution >= 0.6 is 0 Å². The predicted molar refractivity (Wildman–Crippen MR) is 90.7 cm³/mol. The van der Waals surface area contributed by atoms with Crippen molar-refractivity contribution < 1.29 is 4.79 Å². The van der Waals surface area contributed by atoms with Gasteiger partial charge in [-0.15, -0.1) is 0 Å². The zero-order valence-electron chi connectivity index (χ0n) is 14.0. The number of benzene rings is 1. The van der Waals surface area contributed by atoms with Crippen molar-refractivity contribution in [2.45, 2.75) is 52.7 Å². The van der Waals surface area contributed by atoms with Gasteiger partial charge in [0, 0.05) is 12.6 Å². The number of hydrogen-bond donors (Lipinski definition) is 1. The van der Waals surface area contributed by atoms with E-state index in [-0.39, 0.29) is 24.1 Å². The van der Waals surface area contributed by atoms with Crippen LogP contribution in [-0.4, -0.2) is 21.1 Å². The highest BCUT2D eigenvalue weighted by Gasteiger charge is 2.22. The molecule has 1 aromatic heterocycles. The Kier molecular flexibility index (Phi) is 5.03. The standard InChI is InChI=1S/C17H23N3O3/c1-5-11(3)18-15(21)12(4)20-14-10-8-7-9-13(14)16(22)19(6-2)17(20)23/h7-12H,5-6H2,1-4H3,(H,18,21). The molecule has 2 unspecified atom stereocenters. The van der Waals surface area contributed by atoms with Gasteiger partial charge in [-0.05, 0) is 39.3 Å². The fourth-order valence-electron chi connectivity index (χ4n) is 2.57. The van der Waals surface area contributed by atoms with E-state index in [1.54, 1.807) is 38.1 Å². The number of nitrogens with zero attached hydrogens (tertiary/aromatic N) is 2. The molecule has 1 amide bonds. The molecule has 0 aliphatic heterocycles. The molecule has 6 nitrogen and oxygen atoms in total. The van der Waals surface area contributed by atoms with Crippen molar-refractivity contribution in [2.24, 2.45) is 0 Å². The smallest absolute Gasteiger partial charge is 0.332 e. The van der Waals surface area contributed by atoms with Gasteiger partial charge in [0.05, 0.1) is 10.9 Å². The molecule has 2 aromatic rings. The average Bonchev–Trinajstić information content (AvgIpc) is 2.55. The van der Waals surface area contributed by atoms with E-state index in [2.05, 4.69) is 5.32 Å². The van der Waals surface area contributed by atoms with Gasteiger partial charge in [0.25, 0.3) is 5.56 Å². The van der Waals surface area contributed by atoms with Crippen LogP contribution in [0.2, 0.25) is 0 Å². The number of para-hydroxylation sites is 1. The maximum Gasteiger partial charge on any atom is 0.332 e. The van der Waals surface area contributed by atoms with Crippen molar-refractivity contribution in [3.05, 3.63) is 45.1 Å². The van der Waals surface area contributed by atoms with E-state index >= 15 is 0 Å². The fraction of sp³-hybridized carbons (Fsp3) is 0.471. The molecule has 0 aliphatic carbocycles. The first-order chi connectivity index (χ1) is 10.9. The van der Waals surface area contributed by atoms with Crippen molar-refractivity contribution >= 4 is 16.8 Å².